The summed E-state index contributed by atoms with van der Waals surface area (Å²) in [5.74, 6) is -3.13. The van der Waals surface area contributed by atoms with Crippen LogP contribution in [0.1, 0.15) is 12.0 Å². The predicted molar refractivity (Wildman–Crippen MR) is 146 cm³/mol. The van der Waals surface area contributed by atoms with Crippen molar-refractivity contribution >= 4 is 80.9 Å². The van der Waals surface area contributed by atoms with Crippen molar-refractivity contribution in [1.82, 2.24) is 20.1 Å². The number of aliphatic imine (C=N–C) groups is 1. The van der Waals surface area contributed by atoms with Crippen LogP contribution < -0.4 is 10.1 Å². The molecule has 0 unspecified atom stereocenters. The first-order chi connectivity index (χ1) is 19.2. The third-order valence-corrected chi connectivity index (χ3v) is 7.12. The van der Waals surface area contributed by atoms with Crippen LogP contribution in [0.3, 0.4) is 0 Å². The van der Waals surface area contributed by atoms with Crippen LogP contribution >= 0.6 is 23.4 Å². The van der Waals surface area contributed by atoms with Crippen molar-refractivity contribution in [3.8, 4) is 11.5 Å². The molecule has 0 aliphatic carbocycles. The van der Waals surface area contributed by atoms with E-state index in [9.17, 15) is 29.1 Å². The average Bonchev–Trinajstić information content (AvgIpc) is 3.21. The molecule has 2 saturated heterocycles. The number of nitrogens with one attached hydrogen (secondary N) is 1. The summed E-state index contributed by atoms with van der Waals surface area (Å²) in [7, 11) is 1.50. The number of carbonyl (C=O) groups excluding carboxylic acids is 5. The topological polar surface area (TPSA) is 159 Å². The fraction of sp³-hybridized carbons (Fsp3) is 0.115. The number of thioether (sulfide) groups is 1. The largest absolute Gasteiger partial charge is 0.506 e. The summed E-state index contributed by atoms with van der Waals surface area (Å²) in [4.78, 5) is 72.6. The first kappa shape index (κ1) is 26.8. The molecule has 5 rings (SSSR count). The number of hydrogen-bond acceptors (Lipinski definition) is 10. The Balaban J connectivity index is 1.53. The molecular formula is C26H18ClN5O7S. The van der Waals surface area contributed by atoms with Crippen LogP contribution in [0.15, 0.2) is 58.4 Å². The fourth-order valence-corrected chi connectivity index (χ4v) is 5.12. The van der Waals surface area contributed by atoms with E-state index < -0.39 is 42.6 Å². The van der Waals surface area contributed by atoms with Gasteiger partial charge in [0.1, 0.15) is 40.8 Å². The van der Waals surface area contributed by atoms with Gasteiger partial charge in [0.05, 0.1) is 12.0 Å². The van der Waals surface area contributed by atoms with E-state index in [1.54, 1.807) is 36.4 Å². The Hall–Kier alpha value is -4.75. The molecule has 2 fully saturated rings. The Morgan fingerprint density at radius 2 is 1.98 bits per heavy atom. The minimum Gasteiger partial charge on any atom is -0.506 e. The number of fused-ring (bicyclic) bond motifs is 1. The molecule has 3 aromatic rings. The SMILES string of the molecule is COc1cccc2cc(/C=C3\SC(=Nc4ccccc4O)N(C(=O)CN4C(=O)CC(=O)NC4=O)C3=O)c(Cl)nc12. The van der Waals surface area contributed by atoms with Gasteiger partial charge >= 0.3 is 6.03 Å². The van der Waals surface area contributed by atoms with Crippen LogP contribution in [0.25, 0.3) is 17.0 Å². The van der Waals surface area contributed by atoms with Gasteiger partial charge in [0, 0.05) is 10.9 Å². The summed E-state index contributed by atoms with van der Waals surface area (Å²) < 4.78 is 5.33. The summed E-state index contributed by atoms with van der Waals surface area (Å²) in [6, 6.07) is 12.0. The molecule has 0 radical (unpaired) electrons. The number of methoxy groups -OCH3 is 1. The van der Waals surface area contributed by atoms with Crippen molar-refractivity contribution in [2.45, 2.75) is 6.42 Å². The molecule has 2 aromatic carbocycles. The minimum atomic E-state index is -1.08. The Morgan fingerprint density at radius 1 is 1.20 bits per heavy atom. The Kier molecular flexibility index (Phi) is 7.24. The molecule has 6 amide bonds. The van der Waals surface area contributed by atoms with Crippen molar-refractivity contribution in [2.24, 2.45) is 4.99 Å². The number of para-hydroxylation sites is 3. The van der Waals surface area contributed by atoms with Gasteiger partial charge in [0.15, 0.2) is 5.17 Å². The lowest BCUT2D eigenvalue weighted by Crippen LogP contribution is -2.56. The molecule has 202 valence electrons. The highest BCUT2D eigenvalue weighted by Crippen LogP contribution is 2.38. The van der Waals surface area contributed by atoms with Gasteiger partial charge in [-0.3, -0.25) is 29.4 Å². The average molecular weight is 580 g/mol. The molecular weight excluding hydrogens is 562 g/mol. The number of carbonyl (C=O) groups is 5. The number of hydrogen-bond donors (Lipinski definition) is 2. The highest BCUT2D eigenvalue weighted by molar-refractivity contribution is 8.18. The van der Waals surface area contributed by atoms with Gasteiger partial charge in [-0.05, 0) is 42.1 Å². The highest BCUT2D eigenvalue weighted by atomic mass is 35.5. The van der Waals surface area contributed by atoms with Gasteiger partial charge in [-0.1, -0.05) is 35.9 Å². The molecule has 2 aliphatic rings. The standard InChI is InChI=1S/C26H18ClN5O7S/c1-39-17-8-4-5-13-9-14(23(27)30-22(13)17)10-18-24(37)32(26(40-18)28-15-6-2-3-7-16(15)33)21(36)12-31-20(35)11-19(34)29-25(31)38/h2-10,33H,11-12H2,1H3,(H,29,34,38)/b18-10-,28-26?. The van der Waals surface area contributed by atoms with Gasteiger partial charge < -0.3 is 9.84 Å². The van der Waals surface area contributed by atoms with Crippen LogP contribution in [0.5, 0.6) is 11.5 Å². The number of amidine groups is 1. The van der Waals surface area contributed by atoms with Gasteiger partial charge in [-0.15, -0.1) is 0 Å². The van der Waals surface area contributed by atoms with Gasteiger partial charge in [0.2, 0.25) is 11.8 Å². The van der Waals surface area contributed by atoms with Crippen molar-refractivity contribution < 1.29 is 33.8 Å². The summed E-state index contributed by atoms with van der Waals surface area (Å²) in [6.45, 7) is -0.824. The van der Waals surface area contributed by atoms with E-state index in [0.717, 1.165) is 11.8 Å². The van der Waals surface area contributed by atoms with Crippen molar-refractivity contribution in [3.05, 3.63) is 64.2 Å². The number of phenols is 1. The van der Waals surface area contributed by atoms with E-state index in [1.165, 1.54) is 25.3 Å². The Labute approximate surface area is 235 Å². The molecule has 2 aliphatic heterocycles. The number of barbiturate groups is 1. The number of amides is 6. The van der Waals surface area contributed by atoms with Crippen LogP contribution in [0.2, 0.25) is 5.15 Å². The second-order valence-electron chi connectivity index (χ2n) is 8.44. The van der Waals surface area contributed by atoms with Gasteiger partial charge in [0.25, 0.3) is 11.8 Å². The molecule has 2 N–H and O–H groups in total. The van der Waals surface area contributed by atoms with Gasteiger partial charge in [-0.2, -0.15) is 0 Å². The molecule has 40 heavy (non-hydrogen) atoms. The first-order valence-electron chi connectivity index (χ1n) is 11.6. The molecule has 12 nitrogen and oxygen atoms in total. The summed E-state index contributed by atoms with van der Waals surface area (Å²) >= 11 is 7.25. The maximum absolute atomic E-state index is 13.5. The normalized spacial score (nSPS) is 17.8. The van der Waals surface area contributed by atoms with E-state index in [2.05, 4.69) is 9.98 Å². The fourth-order valence-electron chi connectivity index (χ4n) is 3.95. The lowest BCUT2D eigenvalue weighted by Gasteiger charge is -2.25. The number of nitrogens with zero attached hydrogens (tertiary/aromatic N) is 4. The summed E-state index contributed by atoms with van der Waals surface area (Å²) in [5.41, 5.74) is 0.967. The van der Waals surface area contributed by atoms with Crippen LogP contribution in [0.4, 0.5) is 10.5 Å². The molecule has 0 spiro atoms. The number of rotatable bonds is 5. The zero-order valence-corrected chi connectivity index (χ0v) is 22.2. The second kappa shape index (κ2) is 10.8. The van der Waals surface area contributed by atoms with Crippen LogP contribution in [0, 0.1) is 0 Å². The number of ether oxygens (including phenoxy) is 1. The van der Waals surface area contributed by atoms with Crippen molar-refractivity contribution in [1.29, 1.82) is 0 Å². The summed E-state index contributed by atoms with van der Waals surface area (Å²) in [6.07, 6.45) is 0.816. The quantitative estimate of drug-likeness (QED) is 0.263. The Morgan fingerprint density at radius 3 is 2.70 bits per heavy atom. The molecule has 14 heteroatoms. The maximum atomic E-state index is 13.5. The second-order valence-corrected chi connectivity index (χ2v) is 9.81. The third-order valence-electron chi connectivity index (χ3n) is 5.85. The van der Waals surface area contributed by atoms with E-state index in [1.807, 2.05) is 5.32 Å². The van der Waals surface area contributed by atoms with Gasteiger partial charge in [-0.25, -0.2) is 19.7 Å². The van der Waals surface area contributed by atoms with E-state index in [4.69, 9.17) is 16.3 Å². The van der Waals surface area contributed by atoms with Crippen molar-refractivity contribution in [3.63, 3.8) is 0 Å². The highest BCUT2D eigenvalue weighted by Gasteiger charge is 2.41. The number of halogens is 1. The number of imide groups is 3. The van der Waals surface area contributed by atoms with E-state index in [0.29, 0.717) is 32.0 Å². The third kappa shape index (κ3) is 5.11. The monoisotopic (exact) mass is 579 g/mol. The maximum Gasteiger partial charge on any atom is 0.331 e. The minimum absolute atomic E-state index is 0.0399. The van der Waals surface area contributed by atoms with Crippen LogP contribution in [-0.2, 0) is 19.2 Å². The number of benzene rings is 2. The number of urea groups is 1. The molecule has 0 saturated carbocycles. The van der Waals surface area contributed by atoms with Crippen LogP contribution in [-0.4, -0.2) is 68.4 Å². The smallest absolute Gasteiger partial charge is 0.331 e. The van der Waals surface area contributed by atoms with Crippen molar-refractivity contribution in [2.75, 3.05) is 13.7 Å². The van der Waals surface area contributed by atoms with E-state index >= 15 is 0 Å². The molecule has 1 aromatic heterocycles. The lowest BCUT2D eigenvalue weighted by atomic mass is 10.1. The molecule has 0 atom stereocenters. The van der Waals surface area contributed by atoms with E-state index in [-0.39, 0.29) is 26.7 Å². The first-order valence-corrected chi connectivity index (χ1v) is 12.8. The summed E-state index contributed by atoms with van der Waals surface area (Å²) in [5, 5.41) is 12.8. The lowest BCUT2D eigenvalue weighted by molar-refractivity contribution is -0.143. The molecule has 3 heterocycles. The Bertz CT molecular complexity index is 1670. The number of pyridine rings is 1. The zero-order chi connectivity index (χ0) is 28.6. The molecule has 0 bridgehead atoms. The number of phenolic OH excluding ortho intramolecular Hbond substituents is 1. The number of aromatic hydroxyl groups is 1. The zero-order valence-electron chi connectivity index (χ0n) is 20.6. The number of aromatic nitrogens is 1. The predicted octanol–water partition coefficient (Wildman–Crippen LogP) is 3.20.